The first-order valence-corrected chi connectivity index (χ1v) is 13.2. The van der Waals surface area contributed by atoms with Gasteiger partial charge in [-0.2, -0.15) is 0 Å². The molecule has 0 saturated carbocycles. The summed E-state index contributed by atoms with van der Waals surface area (Å²) in [7, 11) is 5.14. The Kier molecular flexibility index (Phi) is 9.34. The van der Waals surface area contributed by atoms with Crippen LogP contribution in [0.3, 0.4) is 0 Å². The Bertz CT molecular complexity index is 1360. The van der Waals surface area contributed by atoms with Crippen LogP contribution in [-0.2, 0) is 4.79 Å². The number of ether oxygens (including phenoxy) is 2. The Labute approximate surface area is 233 Å². The first kappa shape index (κ1) is 29.0. The molecule has 1 fully saturated rings. The van der Waals surface area contributed by atoms with E-state index in [9.17, 15) is 19.8 Å². The number of rotatable bonds is 10. The number of nitrogens with zero attached hydrogens (tertiary/aromatic N) is 2. The maximum Gasteiger partial charge on any atom is 0.227 e. The van der Waals surface area contributed by atoms with Crippen LogP contribution in [0, 0.1) is 6.92 Å². The lowest BCUT2D eigenvalue weighted by Gasteiger charge is -2.38. The van der Waals surface area contributed by atoms with Crippen molar-refractivity contribution in [1.29, 1.82) is 0 Å². The quantitative estimate of drug-likeness (QED) is 0.349. The molecule has 1 aliphatic heterocycles. The smallest absolute Gasteiger partial charge is 0.227 e. The minimum atomic E-state index is -0.801. The molecule has 10 nitrogen and oxygen atoms in total. The normalized spacial score (nSPS) is 15.8. The summed E-state index contributed by atoms with van der Waals surface area (Å²) in [6.45, 7) is 5.55. The molecule has 0 bridgehead atoms. The molecule has 40 heavy (non-hydrogen) atoms. The second kappa shape index (κ2) is 12.9. The molecule has 214 valence electrons. The van der Waals surface area contributed by atoms with Gasteiger partial charge in [0.15, 0.2) is 17.3 Å². The highest BCUT2D eigenvalue weighted by Crippen LogP contribution is 2.37. The van der Waals surface area contributed by atoms with Gasteiger partial charge in [-0.3, -0.25) is 14.5 Å². The fourth-order valence-electron chi connectivity index (χ4n) is 5.02. The molecular weight excluding hydrogens is 514 g/mol. The first-order valence-electron chi connectivity index (χ1n) is 13.2. The average Bonchev–Trinajstić information content (AvgIpc) is 2.95. The molecule has 1 saturated heterocycles. The Morgan fingerprint density at radius 1 is 1.00 bits per heavy atom. The van der Waals surface area contributed by atoms with Gasteiger partial charge < -0.3 is 34.3 Å². The van der Waals surface area contributed by atoms with Gasteiger partial charge in [0.1, 0.15) is 11.5 Å². The highest BCUT2D eigenvalue weighted by molar-refractivity contribution is 5.77. The number of carbonyl (C=O) groups is 1. The van der Waals surface area contributed by atoms with E-state index in [1.165, 1.54) is 19.2 Å². The number of phenols is 1. The number of carbonyl (C=O) groups excluding carboxylic acids is 1. The molecule has 2 atom stereocenters. The zero-order valence-corrected chi connectivity index (χ0v) is 23.3. The van der Waals surface area contributed by atoms with Gasteiger partial charge in [0, 0.05) is 45.2 Å². The second-order valence-corrected chi connectivity index (χ2v) is 10.1. The number of methoxy groups -OCH3 is 2. The maximum absolute atomic E-state index is 13.4. The monoisotopic (exact) mass is 551 g/mol. The molecule has 1 aliphatic rings. The van der Waals surface area contributed by atoms with E-state index in [1.54, 1.807) is 26.2 Å². The zero-order chi connectivity index (χ0) is 28.8. The summed E-state index contributed by atoms with van der Waals surface area (Å²) in [6.07, 6.45) is -0.105. The van der Waals surface area contributed by atoms with Gasteiger partial charge >= 0.3 is 0 Å². The van der Waals surface area contributed by atoms with Crippen molar-refractivity contribution in [3.05, 3.63) is 81.4 Å². The van der Waals surface area contributed by atoms with Gasteiger partial charge in [0.2, 0.25) is 17.1 Å². The molecule has 0 spiro atoms. The van der Waals surface area contributed by atoms with Crippen LogP contribution in [0.2, 0.25) is 0 Å². The van der Waals surface area contributed by atoms with Gasteiger partial charge in [-0.05, 0) is 49.4 Å². The number of nitrogens with one attached hydrogen (secondary N) is 1. The molecule has 4 rings (SSSR count). The van der Waals surface area contributed by atoms with Crippen molar-refractivity contribution < 1.29 is 28.9 Å². The summed E-state index contributed by atoms with van der Waals surface area (Å²) in [6, 6.07) is 13.6. The Balaban J connectivity index is 1.59. The third-order valence-corrected chi connectivity index (χ3v) is 7.36. The summed E-state index contributed by atoms with van der Waals surface area (Å²) >= 11 is 0. The van der Waals surface area contributed by atoms with Crippen molar-refractivity contribution in [3.63, 3.8) is 0 Å². The number of aryl methyl sites for hydroxylation is 1. The van der Waals surface area contributed by atoms with Crippen LogP contribution >= 0.6 is 0 Å². The van der Waals surface area contributed by atoms with Crippen molar-refractivity contribution in [2.45, 2.75) is 25.3 Å². The standard InChI is InChI=1S/C30H37N3O7/c1-19-15-26(35)29(37)30(40-19)23(21-7-10-25(34)27(16-21)39-4)17-28(36)31-18-24(33-13-11-32(2)12-14-33)20-5-8-22(38-3)9-6-20/h5-10,15-16,23-24,34,37H,11-14,17-18H2,1-4H3,(H,31,36)/t23-,24-/m1/s1. The van der Waals surface area contributed by atoms with Crippen LogP contribution in [0.1, 0.15) is 41.0 Å². The molecule has 10 heteroatoms. The van der Waals surface area contributed by atoms with Gasteiger partial charge in [-0.1, -0.05) is 18.2 Å². The molecule has 0 radical (unpaired) electrons. The lowest BCUT2D eigenvalue weighted by atomic mass is 9.91. The molecule has 1 aromatic heterocycles. The van der Waals surface area contributed by atoms with Crippen molar-refractivity contribution >= 4 is 5.91 Å². The van der Waals surface area contributed by atoms with Crippen molar-refractivity contribution in [2.24, 2.45) is 0 Å². The fourth-order valence-corrected chi connectivity index (χ4v) is 5.02. The number of hydrogen-bond acceptors (Lipinski definition) is 9. The van der Waals surface area contributed by atoms with Crippen LogP contribution in [0.5, 0.6) is 23.0 Å². The number of aromatic hydroxyl groups is 2. The molecule has 1 amide bonds. The van der Waals surface area contributed by atoms with Gasteiger partial charge in [-0.15, -0.1) is 0 Å². The van der Waals surface area contributed by atoms with Crippen LogP contribution < -0.4 is 20.2 Å². The SMILES string of the molecule is COc1ccc([C@@H](CNC(=O)C[C@H](c2ccc(O)c(OC)c2)c2oc(C)cc(=O)c2O)N2CCN(C)CC2)cc1. The van der Waals surface area contributed by atoms with Gasteiger partial charge in [0.25, 0.3) is 0 Å². The van der Waals surface area contributed by atoms with E-state index in [2.05, 4.69) is 22.2 Å². The van der Waals surface area contributed by atoms with E-state index in [0.717, 1.165) is 37.5 Å². The molecule has 2 heterocycles. The second-order valence-electron chi connectivity index (χ2n) is 10.1. The topological polar surface area (TPSA) is 125 Å². The lowest BCUT2D eigenvalue weighted by Crippen LogP contribution is -2.48. The third-order valence-electron chi connectivity index (χ3n) is 7.36. The van der Waals surface area contributed by atoms with E-state index < -0.39 is 17.1 Å². The Morgan fingerprint density at radius 2 is 1.68 bits per heavy atom. The first-order chi connectivity index (χ1) is 19.2. The van der Waals surface area contributed by atoms with Crippen LogP contribution in [0.4, 0.5) is 0 Å². The average molecular weight is 552 g/mol. The molecule has 0 aliphatic carbocycles. The number of phenolic OH excluding ortho intramolecular Hbond substituents is 1. The highest BCUT2D eigenvalue weighted by Gasteiger charge is 2.29. The third kappa shape index (κ3) is 6.75. The fraction of sp³-hybridized carbons (Fsp3) is 0.400. The number of amides is 1. The summed E-state index contributed by atoms with van der Waals surface area (Å²) in [5.74, 6) is -0.452. The van der Waals surface area contributed by atoms with Crippen LogP contribution in [0.15, 0.2) is 57.7 Å². The lowest BCUT2D eigenvalue weighted by molar-refractivity contribution is -0.121. The minimum absolute atomic E-state index is 0.0151. The molecule has 2 aromatic carbocycles. The Morgan fingerprint density at radius 3 is 2.33 bits per heavy atom. The van der Waals surface area contributed by atoms with E-state index in [-0.39, 0.29) is 35.6 Å². The molecular formula is C30H37N3O7. The predicted molar refractivity (Wildman–Crippen MR) is 150 cm³/mol. The summed E-state index contributed by atoms with van der Waals surface area (Å²) in [5, 5.41) is 23.8. The zero-order valence-electron chi connectivity index (χ0n) is 23.3. The van der Waals surface area contributed by atoms with E-state index >= 15 is 0 Å². The Hall–Kier alpha value is -4.02. The number of piperazine rings is 1. The van der Waals surface area contributed by atoms with Crippen molar-refractivity contribution in [3.8, 4) is 23.0 Å². The van der Waals surface area contributed by atoms with E-state index in [4.69, 9.17) is 13.9 Å². The highest BCUT2D eigenvalue weighted by atomic mass is 16.5. The van der Waals surface area contributed by atoms with Gasteiger partial charge in [-0.25, -0.2) is 0 Å². The molecule has 0 unspecified atom stereocenters. The van der Waals surface area contributed by atoms with Crippen molar-refractivity contribution in [2.75, 3.05) is 54.0 Å². The number of likely N-dealkylation sites (N-methyl/N-ethyl adjacent to an activating group) is 1. The minimum Gasteiger partial charge on any atom is -0.504 e. The number of benzene rings is 2. The summed E-state index contributed by atoms with van der Waals surface area (Å²) in [5.41, 5.74) is 1.01. The maximum atomic E-state index is 13.4. The largest absolute Gasteiger partial charge is 0.504 e. The van der Waals surface area contributed by atoms with E-state index in [0.29, 0.717) is 17.9 Å². The summed E-state index contributed by atoms with van der Waals surface area (Å²) < 4.78 is 16.3. The molecule has 3 N–H and O–H groups in total. The van der Waals surface area contributed by atoms with E-state index in [1.807, 2.05) is 24.3 Å². The van der Waals surface area contributed by atoms with Crippen LogP contribution in [-0.4, -0.2) is 79.9 Å². The van der Waals surface area contributed by atoms with Gasteiger partial charge in [0.05, 0.1) is 26.2 Å². The summed E-state index contributed by atoms with van der Waals surface area (Å²) in [4.78, 5) is 30.4. The van der Waals surface area contributed by atoms with Crippen LogP contribution in [0.25, 0.3) is 0 Å². The van der Waals surface area contributed by atoms with Crippen molar-refractivity contribution in [1.82, 2.24) is 15.1 Å². The predicted octanol–water partition coefficient (Wildman–Crippen LogP) is 3.00. The number of hydrogen-bond donors (Lipinski definition) is 3. The molecule has 3 aromatic rings.